The summed E-state index contributed by atoms with van der Waals surface area (Å²) in [5, 5.41) is 15.4. The lowest BCUT2D eigenvalue weighted by molar-refractivity contribution is 0.414. The van der Waals surface area contributed by atoms with Crippen LogP contribution in [-0.4, -0.2) is 102 Å². The van der Waals surface area contributed by atoms with Gasteiger partial charge in [0.15, 0.2) is 11.0 Å². The average Bonchev–Trinajstić information content (AvgIpc) is 3.68. The van der Waals surface area contributed by atoms with Crippen LogP contribution in [0.3, 0.4) is 0 Å². The molecule has 0 aliphatic rings. The van der Waals surface area contributed by atoms with E-state index in [9.17, 15) is 25.9 Å². The van der Waals surface area contributed by atoms with E-state index >= 15 is 0 Å². The summed E-state index contributed by atoms with van der Waals surface area (Å²) in [5.41, 5.74) is 9.80. The van der Waals surface area contributed by atoms with Crippen molar-refractivity contribution in [3.8, 4) is 22.9 Å². The maximum atomic E-state index is 11.7. The number of rotatable bonds is 20. The van der Waals surface area contributed by atoms with Crippen LogP contribution in [0.15, 0.2) is 68.8 Å². The van der Waals surface area contributed by atoms with Gasteiger partial charge in [0.1, 0.15) is 17.2 Å². The van der Waals surface area contributed by atoms with Crippen LogP contribution in [0.25, 0.3) is 11.4 Å². The number of anilines is 7. The Kier molecular flexibility index (Phi) is 14.8. The van der Waals surface area contributed by atoms with Gasteiger partial charge in [-0.2, -0.15) is 41.1 Å². The maximum absolute atomic E-state index is 11.7. The fourth-order valence-electron chi connectivity index (χ4n) is 5.66. The smallest absolute Gasteiger partial charge is 0.294 e. The van der Waals surface area contributed by atoms with E-state index in [1.54, 1.807) is 31.4 Å². The number of hydrogen-bond acceptors (Lipinski definition) is 20. The monoisotopic (exact) mass is 888 g/mol. The van der Waals surface area contributed by atoms with Crippen LogP contribution < -0.4 is 35.6 Å². The number of azo groups is 1. The Labute approximate surface area is 350 Å². The second kappa shape index (κ2) is 19.6. The summed E-state index contributed by atoms with van der Waals surface area (Å²) >= 11 is 1.90. The van der Waals surface area contributed by atoms with Gasteiger partial charge < -0.3 is 35.6 Å². The zero-order chi connectivity index (χ0) is 42.9. The summed E-state index contributed by atoms with van der Waals surface area (Å²) in [6.07, 6.45) is 0. The molecule has 5 rings (SSSR count). The van der Waals surface area contributed by atoms with Crippen molar-refractivity contribution in [2.45, 2.75) is 37.7 Å². The molecule has 2 aromatic heterocycles. The standard InChI is InChI=1S/C35H44N12O8S4/c1-7-46(8-2)27-18-24(23(36)17-29(27)54-5)37-32-40-33(42-34(41-32)56-14-15-58(48,49)50)38-25-19-28(47(9-3)10-4)30(55-6)20-26(25)43-44-35-39-31(45-57-35)21-12-11-13-22(16-21)59(51,52)53/h11-13,16-20H,7-10,14-15,36H2,1-6H3,(H,48,49,50)(H,51,52,53)(H2,37,38,40,41,42). The zero-order valence-electron chi connectivity index (χ0n) is 32.9. The Bertz CT molecular complexity index is 2520. The molecule has 0 saturated carbocycles. The minimum atomic E-state index is -4.45. The van der Waals surface area contributed by atoms with Crippen LogP contribution >= 0.6 is 23.3 Å². The molecule has 0 aliphatic carbocycles. The number of nitrogens with zero attached hydrogens (tertiary/aromatic N) is 9. The first kappa shape index (κ1) is 44.7. The van der Waals surface area contributed by atoms with E-state index in [2.05, 4.69) is 55.0 Å². The van der Waals surface area contributed by atoms with Gasteiger partial charge in [0, 0.05) is 61.2 Å². The Hall–Kier alpha value is -5.40. The molecule has 0 saturated heterocycles. The second-order valence-electron chi connectivity index (χ2n) is 12.3. The van der Waals surface area contributed by atoms with Gasteiger partial charge in [-0.3, -0.25) is 9.11 Å². The lowest BCUT2D eigenvalue weighted by atomic mass is 10.2. The van der Waals surface area contributed by atoms with E-state index in [1.165, 1.54) is 25.3 Å². The number of thioether (sulfide) groups is 1. The highest BCUT2D eigenvalue weighted by Crippen LogP contribution is 2.41. The number of methoxy groups -OCH3 is 2. The zero-order valence-corrected chi connectivity index (χ0v) is 36.2. The first-order valence-corrected chi connectivity index (χ1v) is 22.8. The van der Waals surface area contributed by atoms with Crippen molar-refractivity contribution in [2.75, 3.05) is 78.1 Å². The number of nitrogens with two attached hydrogens (primary N) is 1. The average molecular weight is 889 g/mol. The topological polar surface area (TPSA) is 273 Å². The quantitative estimate of drug-likeness (QED) is 0.0232. The van der Waals surface area contributed by atoms with Crippen LogP contribution in [-0.2, 0) is 20.2 Å². The van der Waals surface area contributed by atoms with E-state index in [4.69, 9.17) is 15.2 Å². The molecule has 3 aromatic carbocycles. The van der Waals surface area contributed by atoms with Gasteiger partial charge in [-0.05, 0) is 52.0 Å². The SMILES string of the molecule is CCN(CC)c1cc(Nc2nc(Nc3cc(N(CC)CC)c(OC)cc3N=Nc3nc(-c4cccc(S(=O)(=O)O)c4)ns3)nc(SCCS(=O)(=O)O)n2)c(N)cc1OC. The van der Waals surface area contributed by atoms with Crippen molar-refractivity contribution in [1.82, 2.24) is 24.3 Å². The van der Waals surface area contributed by atoms with Gasteiger partial charge in [0.25, 0.3) is 20.2 Å². The molecule has 24 heteroatoms. The number of nitrogens with one attached hydrogen (secondary N) is 2. The highest BCUT2D eigenvalue weighted by Gasteiger charge is 2.20. The van der Waals surface area contributed by atoms with Crippen molar-refractivity contribution < 1.29 is 35.4 Å². The first-order valence-electron chi connectivity index (χ1n) is 18.0. The Morgan fingerprint density at radius 2 is 1.39 bits per heavy atom. The maximum Gasteiger partial charge on any atom is 0.294 e. The molecule has 0 amide bonds. The Morgan fingerprint density at radius 3 is 1.97 bits per heavy atom. The third-order valence-corrected chi connectivity index (χ3v) is 11.9. The summed E-state index contributed by atoms with van der Waals surface area (Å²) in [7, 11) is -5.62. The second-order valence-corrected chi connectivity index (χ2v) is 17.0. The van der Waals surface area contributed by atoms with E-state index in [0.717, 1.165) is 34.7 Å². The molecule has 20 nitrogen and oxygen atoms in total. The summed E-state index contributed by atoms with van der Waals surface area (Å²) in [6, 6.07) is 12.5. The number of hydrogen-bond donors (Lipinski definition) is 5. The lowest BCUT2D eigenvalue weighted by Crippen LogP contribution is -2.22. The molecule has 2 heterocycles. The van der Waals surface area contributed by atoms with Crippen molar-refractivity contribution >= 4 is 94.7 Å². The van der Waals surface area contributed by atoms with Crippen LogP contribution in [0.1, 0.15) is 27.7 Å². The molecular weight excluding hydrogens is 845 g/mol. The fraction of sp³-hybridized carbons (Fsp3) is 0.343. The molecule has 0 unspecified atom stereocenters. The molecule has 0 radical (unpaired) electrons. The summed E-state index contributed by atoms with van der Waals surface area (Å²) in [5.74, 6) is 0.758. The number of aromatic nitrogens is 5. The van der Waals surface area contributed by atoms with Crippen molar-refractivity contribution in [3.05, 3.63) is 48.5 Å². The molecule has 59 heavy (non-hydrogen) atoms. The largest absolute Gasteiger partial charge is 0.495 e. The highest BCUT2D eigenvalue weighted by molar-refractivity contribution is 8.00. The summed E-state index contributed by atoms with van der Waals surface area (Å²) < 4.78 is 81.0. The predicted octanol–water partition coefficient (Wildman–Crippen LogP) is 6.81. The molecule has 5 aromatic rings. The predicted molar refractivity (Wildman–Crippen MR) is 230 cm³/mol. The van der Waals surface area contributed by atoms with Crippen molar-refractivity contribution in [3.63, 3.8) is 0 Å². The lowest BCUT2D eigenvalue weighted by Gasteiger charge is -2.25. The van der Waals surface area contributed by atoms with Gasteiger partial charge in [0.2, 0.25) is 17.0 Å². The molecule has 0 spiro atoms. The van der Waals surface area contributed by atoms with Gasteiger partial charge in [-0.25, -0.2) is 0 Å². The van der Waals surface area contributed by atoms with Crippen LogP contribution in [0.2, 0.25) is 0 Å². The molecule has 6 N–H and O–H groups in total. The number of benzene rings is 3. The number of nitrogen functional groups attached to an aromatic ring is 1. The van der Waals surface area contributed by atoms with Crippen LogP contribution in [0.4, 0.5) is 51.2 Å². The first-order chi connectivity index (χ1) is 28.1. The molecule has 0 atom stereocenters. The molecule has 0 fully saturated rings. The van der Waals surface area contributed by atoms with E-state index in [1.807, 2.05) is 33.8 Å². The Balaban J connectivity index is 1.58. The summed E-state index contributed by atoms with van der Waals surface area (Å²) in [6.45, 7) is 10.7. The van der Waals surface area contributed by atoms with E-state index < -0.39 is 26.0 Å². The third-order valence-electron chi connectivity index (χ3n) is 8.59. The van der Waals surface area contributed by atoms with Crippen LogP contribution in [0.5, 0.6) is 11.5 Å². The van der Waals surface area contributed by atoms with Gasteiger partial charge in [-0.15, -0.1) is 10.2 Å². The molecular formula is C35H44N12O8S4. The van der Waals surface area contributed by atoms with Crippen LogP contribution in [0, 0.1) is 0 Å². The molecule has 0 aliphatic heterocycles. The normalized spacial score (nSPS) is 11.8. The minimum absolute atomic E-state index is 0.0388. The highest BCUT2D eigenvalue weighted by atomic mass is 32.2. The minimum Gasteiger partial charge on any atom is -0.495 e. The van der Waals surface area contributed by atoms with Gasteiger partial charge in [0.05, 0.1) is 53.3 Å². The Morgan fingerprint density at radius 1 is 0.797 bits per heavy atom. The van der Waals surface area contributed by atoms with Crippen molar-refractivity contribution in [2.24, 2.45) is 10.2 Å². The summed E-state index contributed by atoms with van der Waals surface area (Å²) in [4.78, 5) is 21.9. The molecule has 0 bridgehead atoms. The van der Waals surface area contributed by atoms with Gasteiger partial charge >= 0.3 is 0 Å². The fourth-order valence-corrected chi connectivity index (χ4v) is 8.37. The van der Waals surface area contributed by atoms with E-state index in [0.29, 0.717) is 60.3 Å². The number of ether oxygens (including phenoxy) is 2. The van der Waals surface area contributed by atoms with Crippen molar-refractivity contribution in [1.29, 1.82) is 0 Å². The third kappa shape index (κ3) is 11.6. The van der Waals surface area contributed by atoms with E-state index in [-0.39, 0.29) is 44.3 Å². The van der Waals surface area contributed by atoms with Gasteiger partial charge in [-0.1, -0.05) is 23.9 Å². The molecule has 316 valence electrons.